The third-order valence-electron chi connectivity index (χ3n) is 3.48. The van der Waals surface area contributed by atoms with E-state index in [1.165, 1.54) is 11.6 Å². The SMILES string of the molecule is CCNC(=NCc1cccc(C)c1)NCc1ccccc1[N+](=O)[O-].I. The molecule has 0 saturated heterocycles. The number of hydrogen-bond acceptors (Lipinski definition) is 3. The summed E-state index contributed by atoms with van der Waals surface area (Å²) in [6.45, 7) is 5.64. The van der Waals surface area contributed by atoms with Crippen molar-refractivity contribution in [2.75, 3.05) is 6.54 Å². The minimum atomic E-state index is -0.367. The topological polar surface area (TPSA) is 79.6 Å². The van der Waals surface area contributed by atoms with Gasteiger partial charge in [0.05, 0.1) is 11.5 Å². The van der Waals surface area contributed by atoms with Gasteiger partial charge in [0.2, 0.25) is 0 Å². The van der Waals surface area contributed by atoms with E-state index in [1.807, 2.05) is 32.0 Å². The van der Waals surface area contributed by atoms with Gasteiger partial charge in [-0.25, -0.2) is 4.99 Å². The fourth-order valence-corrected chi connectivity index (χ4v) is 2.34. The molecule has 25 heavy (non-hydrogen) atoms. The number of aliphatic imine (C=N–C) groups is 1. The van der Waals surface area contributed by atoms with E-state index in [9.17, 15) is 10.1 Å². The molecule has 0 atom stereocenters. The van der Waals surface area contributed by atoms with Gasteiger partial charge in [0.25, 0.3) is 5.69 Å². The number of nitro groups is 1. The quantitative estimate of drug-likeness (QED) is 0.229. The lowest BCUT2D eigenvalue weighted by Gasteiger charge is -2.11. The first-order valence-electron chi connectivity index (χ1n) is 7.90. The van der Waals surface area contributed by atoms with Gasteiger partial charge in [0.15, 0.2) is 5.96 Å². The number of halogens is 1. The van der Waals surface area contributed by atoms with E-state index < -0.39 is 0 Å². The molecule has 0 fully saturated rings. The van der Waals surface area contributed by atoms with Gasteiger partial charge < -0.3 is 10.6 Å². The van der Waals surface area contributed by atoms with Gasteiger partial charge in [-0.05, 0) is 19.4 Å². The Labute approximate surface area is 164 Å². The van der Waals surface area contributed by atoms with Crippen LogP contribution < -0.4 is 10.6 Å². The monoisotopic (exact) mass is 454 g/mol. The molecule has 0 spiro atoms. The molecule has 0 bridgehead atoms. The Bertz CT molecular complexity index is 735. The molecule has 2 aromatic carbocycles. The Morgan fingerprint density at radius 1 is 1.16 bits per heavy atom. The highest BCUT2D eigenvalue weighted by Gasteiger charge is 2.12. The van der Waals surface area contributed by atoms with E-state index in [4.69, 9.17) is 0 Å². The third-order valence-corrected chi connectivity index (χ3v) is 3.48. The zero-order valence-corrected chi connectivity index (χ0v) is 16.7. The molecule has 0 unspecified atom stereocenters. The molecule has 6 nitrogen and oxygen atoms in total. The van der Waals surface area contributed by atoms with E-state index >= 15 is 0 Å². The minimum absolute atomic E-state index is 0. The number of nitro benzene ring substituents is 1. The lowest BCUT2D eigenvalue weighted by atomic mass is 10.1. The zero-order chi connectivity index (χ0) is 17.4. The highest BCUT2D eigenvalue weighted by Crippen LogP contribution is 2.17. The highest BCUT2D eigenvalue weighted by atomic mass is 127. The molecule has 0 aromatic heterocycles. The van der Waals surface area contributed by atoms with Gasteiger partial charge in [-0.2, -0.15) is 0 Å². The summed E-state index contributed by atoms with van der Waals surface area (Å²) >= 11 is 0. The van der Waals surface area contributed by atoms with Crippen molar-refractivity contribution in [1.82, 2.24) is 10.6 Å². The fourth-order valence-electron chi connectivity index (χ4n) is 2.34. The number of para-hydroxylation sites is 1. The Kier molecular flexibility index (Phi) is 8.90. The van der Waals surface area contributed by atoms with Crippen LogP contribution >= 0.6 is 24.0 Å². The van der Waals surface area contributed by atoms with E-state index in [2.05, 4.69) is 21.7 Å². The summed E-state index contributed by atoms with van der Waals surface area (Å²) in [5.74, 6) is 0.636. The molecule has 0 aliphatic rings. The van der Waals surface area contributed by atoms with Gasteiger partial charge in [0, 0.05) is 24.7 Å². The Hall–Kier alpha value is -2.16. The maximum absolute atomic E-state index is 11.1. The number of aryl methyl sites for hydroxylation is 1. The Morgan fingerprint density at radius 2 is 1.92 bits per heavy atom. The number of guanidine groups is 1. The third kappa shape index (κ3) is 6.69. The molecular weight excluding hydrogens is 431 g/mol. The molecule has 0 radical (unpaired) electrons. The molecule has 0 aliphatic carbocycles. The largest absolute Gasteiger partial charge is 0.357 e. The first-order chi connectivity index (χ1) is 11.6. The molecule has 7 heteroatoms. The lowest BCUT2D eigenvalue weighted by molar-refractivity contribution is -0.385. The van der Waals surface area contributed by atoms with Gasteiger partial charge >= 0.3 is 0 Å². The second kappa shape index (κ2) is 10.7. The molecule has 134 valence electrons. The van der Waals surface area contributed by atoms with Crippen LogP contribution in [0.25, 0.3) is 0 Å². The normalized spacial score (nSPS) is 10.7. The van der Waals surface area contributed by atoms with Crippen LogP contribution in [0.1, 0.15) is 23.6 Å². The molecule has 2 aromatic rings. The van der Waals surface area contributed by atoms with Crippen molar-refractivity contribution in [3.05, 3.63) is 75.3 Å². The molecule has 0 aliphatic heterocycles. The summed E-state index contributed by atoms with van der Waals surface area (Å²) in [7, 11) is 0. The van der Waals surface area contributed by atoms with Crippen molar-refractivity contribution in [1.29, 1.82) is 0 Å². The van der Waals surface area contributed by atoms with Crippen LogP contribution in [0.15, 0.2) is 53.5 Å². The van der Waals surface area contributed by atoms with Crippen LogP contribution in [0, 0.1) is 17.0 Å². The van der Waals surface area contributed by atoms with Crippen molar-refractivity contribution >= 4 is 35.6 Å². The second-order valence-electron chi connectivity index (χ2n) is 5.42. The first kappa shape index (κ1) is 20.9. The average molecular weight is 454 g/mol. The van der Waals surface area contributed by atoms with E-state index in [0.717, 1.165) is 12.1 Å². The van der Waals surface area contributed by atoms with E-state index in [-0.39, 0.29) is 34.6 Å². The number of nitrogens with one attached hydrogen (secondary N) is 2. The predicted octanol–water partition coefficient (Wildman–Crippen LogP) is 3.78. The lowest BCUT2D eigenvalue weighted by Crippen LogP contribution is -2.36. The standard InChI is InChI=1S/C18H22N4O2.HI/c1-3-19-18(20-12-15-8-6-7-14(2)11-15)21-13-16-9-4-5-10-17(16)22(23)24;/h4-11H,3,12-13H2,1-2H3,(H2,19,20,21);1H. The average Bonchev–Trinajstić information content (AvgIpc) is 2.57. The van der Waals surface area contributed by atoms with E-state index in [1.54, 1.807) is 18.2 Å². The summed E-state index contributed by atoms with van der Waals surface area (Å²) in [5, 5.41) is 17.4. The van der Waals surface area contributed by atoms with Crippen LogP contribution in [0.3, 0.4) is 0 Å². The summed E-state index contributed by atoms with van der Waals surface area (Å²) in [4.78, 5) is 15.2. The van der Waals surface area contributed by atoms with Crippen molar-refractivity contribution in [2.45, 2.75) is 26.9 Å². The Balaban J connectivity index is 0.00000312. The molecule has 2 N–H and O–H groups in total. The van der Waals surface area contributed by atoms with E-state index in [0.29, 0.717) is 24.6 Å². The number of nitrogens with zero attached hydrogens (tertiary/aromatic N) is 2. The van der Waals surface area contributed by atoms with Crippen molar-refractivity contribution in [2.24, 2.45) is 4.99 Å². The van der Waals surface area contributed by atoms with Crippen LogP contribution in [0.4, 0.5) is 5.69 Å². The predicted molar refractivity (Wildman–Crippen MR) is 111 cm³/mol. The molecular formula is C18H23IN4O2. The maximum atomic E-state index is 11.1. The summed E-state index contributed by atoms with van der Waals surface area (Å²) in [6.07, 6.45) is 0. The number of rotatable bonds is 6. The molecule has 2 rings (SSSR count). The molecule has 0 amide bonds. The molecule has 0 heterocycles. The maximum Gasteiger partial charge on any atom is 0.274 e. The summed E-state index contributed by atoms with van der Waals surface area (Å²) < 4.78 is 0. The zero-order valence-electron chi connectivity index (χ0n) is 14.4. The van der Waals surface area contributed by atoms with Crippen LogP contribution in [0.5, 0.6) is 0 Å². The summed E-state index contributed by atoms with van der Waals surface area (Å²) in [6, 6.07) is 14.9. The van der Waals surface area contributed by atoms with Crippen LogP contribution in [0.2, 0.25) is 0 Å². The highest BCUT2D eigenvalue weighted by molar-refractivity contribution is 14.0. The fraction of sp³-hybridized carbons (Fsp3) is 0.278. The van der Waals surface area contributed by atoms with Gasteiger partial charge in [-0.15, -0.1) is 24.0 Å². The van der Waals surface area contributed by atoms with Crippen LogP contribution in [-0.4, -0.2) is 17.4 Å². The van der Waals surface area contributed by atoms with Crippen molar-refractivity contribution < 1.29 is 4.92 Å². The second-order valence-corrected chi connectivity index (χ2v) is 5.42. The first-order valence-corrected chi connectivity index (χ1v) is 7.90. The Morgan fingerprint density at radius 3 is 2.60 bits per heavy atom. The molecule has 0 saturated carbocycles. The van der Waals surface area contributed by atoms with Gasteiger partial charge in [0.1, 0.15) is 0 Å². The van der Waals surface area contributed by atoms with Crippen LogP contribution in [-0.2, 0) is 13.1 Å². The smallest absolute Gasteiger partial charge is 0.274 e. The minimum Gasteiger partial charge on any atom is -0.357 e. The number of hydrogen-bond donors (Lipinski definition) is 2. The number of benzene rings is 2. The van der Waals surface area contributed by atoms with Crippen molar-refractivity contribution in [3.8, 4) is 0 Å². The van der Waals surface area contributed by atoms with Gasteiger partial charge in [-0.1, -0.05) is 48.0 Å². The summed E-state index contributed by atoms with van der Waals surface area (Å²) in [5.41, 5.74) is 3.06. The van der Waals surface area contributed by atoms with Gasteiger partial charge in [-0.3, -0.25) is 10.1 Å². The van der Waals surface area contributed by atoms with Crippen molar-refractivity contribution in [3.63, 3.8) is 0 Å².